The molecule has 1 saturated heterocycles. The van der Waals surface area contributed by atoms with E-state index in [1.165, 1.54) is 6.20 Å². The van der Waals surface area contributed by atoms with E-state index in [4.69, 9.17) is 4.74 Å². The number of nitrogens with zero attached hydrogens (tertiary/aromatic N) is 3. The van der Waals surface area contributed by atoms with Gasteiger partial charge in [-0.2, -0.15) is 0 Å². The Labute approximate surface area is 125 Å². The highest BCUT2D eigenvalue weighted by atomic mass is 16.5. The highest BCUT2D eigenvalue weighted by Gasteiger charge is 2.16. The Hall–Kier alpha value is -1.73. The number of hydrogen-bond acceptors (Lipinski definition) is 6. The third-order valence-electron chi connectivity index (χ3n) is 3.26. The highest BCUT2D eigenvalue weighted by Crippen LogP contribution is 2.02. The third kappa shape index (κ3) is 4.95. The number of ether oxygens (including phenoxy) is 1. The first-order chi connectivity index (χ1) is 10.2. The molecule has 1 amide bonds. The van der Waals surface area contributed by atoms with Gasteiger partial charge < -0.3 is 15.4 Å². The maximum absolute atomic E-state index is 12.1. The van der Waals surface area contributed by atoms with Gasteiger partial charge in [0.05, 0.1) is 25.6 Å². The standard InChI is InChI=1S/C14H23N5O2/c1-3-15-13-9-16-12(8-17-13)14(20)18-11(2)10-19-4-6-21-7-5-19/h8-9,11H,3-7,10H2,1-2H3,(H,15,17)(H,18,20). The van der Waals surface area contributed by atoms with E-state index in [-0.39, 0.29) is 11.9 Å². The van der Waals surface area contributed by atoms with Gasteiger partial charge in [0, 0.05) is 32.2 Å². The summed E-state index contributed by atoms with van der Waals surface area (Å²) in [6, 6.07) is 0.0610. The number of rotatable bonds is 6. The molecule has 0 aliphatic carbocycles. The Balaban J connectivity index is 1.82. The zero-order valence-electron chi connectivity index (χ0n) is 12.6. The first-order valence-electron chi connectivity index (χ1n) is 7.36. The summed E-state index contributed by atoms with van der Waals surface area (Å²) in [5, 5.41) is 6.00. The number of nitrogens with one attached hydrogen (secondary N) is 2. The van der Waals surface area contributed by atoms with Crippen LogP contribution in [0.1, 0.15) is 24.3 Å². The zero-order chi connectivity index (χ0) is 15.1. The summed E-state index contributed by atoms with van der Waals surface area (Å²) in [6.45, 7) is 8.92. The van der Waals surface area contributed by atoms with Crippen molar-refractivity contribution in [3.05, 3.63) is 18.1 Å². The molecule has 7 nitrogen and oxygen atoms in total. The molecule has 116 valence electrons. The van der Waals surface area contributed by atoms with Gasteiger partial charge in [0.1, 0.15) is 11.5 Å². The molecule has 1 fully saturated rings. The Morgan fingerprint density at radius 1 is 1.38 bits per heavy atom. The Kier molecular flexibility index (Phi) is 5.89. The van der Waals surface area contributed by atoms with Crippen molar-refractivity contribution in [1.29, 1.82) is 0 Å². The van der Waals surface area contributed by atoms with Gasteiger partial charge >= 0.3 is 0 Å². The SMILES string of the molecule is CCNc1cnc(C(=O)NC(C)CN2CCOCC2)cn1. The number of carbonyl (C=O) groups is 1. The second kappa shape index (κ2) is 7.90. The topological polar surface area (TPSA) is 79.4 Å². The van der Waals surface area contributed by atoms with Crippen LogP contribution in [0.5, 0.6) is 0 Å². The fraction of sp³-hybridized carbons (Fsp3) is 0.643. The molecule has 0 bridgehead atoms. The molecule has 0 aromatic carbocycles. The van der Waals surface area contributed by atoms with Gasteiger partial charge in [-0.3, -0.25) is 9.69 Å². The molecule has 1 atom stereocenters. The molecular formula is C14H23N5O2. The van der Waals surface area contributed by atoms with Gasteiger partial charge in [0.25, 0.3) is 5.91 Å². The lowest BCUT2D eigenvalue weighted by molar-refractivity contribution is 0.0342. The maximum Gasteiger partial charge on any atom is 0.271 e. The molecule has 7 heteroatoms. The quantitative estimate of drug-likeness (QED) is 0.788. The second-order valence-electron chi connectivity index (χ2n) is 5.10. The summed E-state index contributed by atoms with van der Waals surface area (Å²) in [5.41, 5.74) is 0.338. The first kappa shape index (κ1) is 15.7. The van der Waals surface area contributed by atoms with E-state index in [1.54, 1.807) is 6.20 Å². The lowest BCUT2D eigenvalue weighted by Gasteiger charge is -2.29. The number of amides is 1. The predicted molar refractivity (Wildman–Crippen MR) is 80.4 cm³/mol. The normalized spacial score (nSPS) is 17.2. The van der Waals surface area contributed by atoms with E-state index in [0.717, 1.165) is 39.4 Å². The molecule has 1 aromatic rings. The van der Waals surface area contributed by atoms with Crippen LogP contribution in [-0.2, 0) is 4.74 Å². The van der Waals surface area contributed by atoms with E-state index < -0.39 is 0 Å². The van der Waals surface area contributed by atoms with Crippen LogP contribution in [0.2, 0.25) is 0 Å². The summed E-state index contributed by atoms with van der Waals surface area (Å²) >= 11 is 0. The molecular weight excluding hydrogens is 270 g/mol. The average molecular weight is 293 g/mol. The van der Waals surface area contributed by atoms with Gasteiger partial charge in [0.2, 0.25) is 0 Å². The van der Waals surface area contributed by atoms with E-state index in [1.807, 2.05) is 13.8 Å². The average Bonchev–Trinajstić information content (AvgIpc) is 2.49. The smallest absolute Gasteiger partial charge is 0.271 e. The molecule has 1 unspecified atom stereocenters. The minimum absolute atomic E-state index is 0.0610. The fourth-order valence-corrected chi connectivity index (χ4v) is 2.23. The van der Waals surface area contributed by atoms with Crippen molar-refractivity contribution >= 4 is 11.7 Å². The summed E-state index contributed by atoms with van der Waals surface area (Å²) in [5.74, 6) is 0.488. The molecule has 2 heterocycles. The number of hydrogen-bond donors (Lipinski definition) is 2. The van der Waals surface area contributed by atoms with Crippen LogP contribution in [-0.4, -0.2) is 66.2 Å². The molecule has 2 N–H and O–H groups in total. The van der Waals surface area contributed by atoms with Crippen molar-refractivity contribution in [2.75, 3.05) is 44.7 Å². The molecule has 1 aromatic heterocycles. The fourth-order valence-electron chi connectivity index (χ4n) is 2.23. The number of anilines is 1. The largest absolute Gasteiger partial charge is 0.379 e. The summed E-state index contributed by atoms with van der Waals surface area (Å²) < 4.78 is 5.31. The van der Waals surface area contributed by atoms with Crippen molar-refractivity contribution in [1.82, 2.24) is 20.2 Å². The zero-order valence-corrected chi connectivity index (χ0v) is 12.6. The molecule has 0 spiro atoms. The van der Waals surface area contributed by atoms with Gasteiger partial charge in [0.15, 0.2) is 0 Å². The van der Waals surface area contributed by atoms with Crippen molar-refractivity contribution in [3.8, 4) is 0 Å². The van der Waals surface area contributed by atoms with Crippen molar-refractivity contribution in [3.63, 3.8) is 0 Å². The van der Waals surface area contributed by atoms with Crippen LogP contribution in [0, 0.1) is 0 Å². The van der Waals surface area contributed by atoms with E-state index in [2.05, 4.69) is 25.5 Å². The Morgan fingerprint density at radius 2 is 2.14 bits per heavy atom. The van der Waals surface area contributed by atoms with Crippen LogP contribution < -0.4 is 10.6 Å². The van der Waals surface area contributed by atoms with Gasteiger partial charge in [-0.05, 0) is 13.8 Å². The third-order valence-corrected chi connectivity index (χ3v) is 3.26. The molecule has 0 saturated carbocycles. The summed E-state index contributed by atoms with van der Waals surface area (Å²) in [7, 11) is 0. The molecule has 1 aliphatic heterocycles. The van der Waals surface area contributed by atoms with Crippen LogP contribution in [0.25, 0.3) is 0 Å². The highest BCUT2D eigenvalue weighted by molar-refractivity contribution is 5.92. The second-order valence-corrected chi connectivity index (χ2v) is 5.10. The first-order valence-corrected chi connectivity index (χ1v) is 7.36. The van der Waals surface area contributed by atoms with Gasteiger partial charge in [-0.1, -0.05) is 0 Å². The molecule has 0 radical (unpaired) electrons. The van der Waals surface area contributed by atoms with Crippen LogP contribution in [0.15, 0.2) is 12.4 Å². The van der Waals surface area contributed by atoms with E-state index in [9.17, 15) is 4.79 Å². The van der Waals surface area contributed by atoms with Crippen LogP contribution >= 0.6 is 0 Å². The van der Waals surface area contributed by atoms with Gasteiger partial charge in [-0.15, -0.1) is 0 Å². The van der Waals surface area contributed by atoms with E-state index in [0.29, 0.717) is 11.5 Å². The Morgan fingerprint density at radius 3 is 2.76 bits per heavy atom. The number of carbonyl (C=O) groups excluding carboxylic acids is 1. The molecule has 1 aliphatic rings. The van der Waals surface area contributed by atoms with Gasteiger partial charge in [-0.25, -0.2) is 9.97 Å². The number of aromatic nitrogens is 2. The minimum Gasteiger partial charge on any atom is -0.379 e. The maximum atomic E-state index is 12.1. The number of morpholine rings is 1. The molecule has 21 heavy (non-hydrogen) atoms. The van der Waals surface area contributed by atoms with E-state index >= 15 is 0 Å². The predicted octanol–water partition coefficient (Wildman–Crippen LogP) is 0.359. The lowest BCUT2D eigenvalue weighted by atomic mass is 10.2. The van der Waals surface area contributed by atoms with Crippen molar-refractivity contribution < 1.29 is 9.53 Å². The minimum atomic E-state index is -0.189. The summed E-state index contributed by atoms with van der Waals surface area (Å²) in [4.78, 5) is 22.7. The van der Waals surface area contributed by atoms with Crippen LogP contribution in [0.4, 0.5) is 5.82 Å². The van der Waals surface area contributed by atoms with Crippen molar-refractivity contribution in [2.45, 2.75) is 19.9 Å². The molecule has 2 rings (SSSR count). The lowest BCUT2D eigenvalue weighted by Crippen LogP contribution is -2.46. The summed E-state index contributed by atoms with van der Waals surface area (Å²) in [6.07, 6.45) is 3.07. The van der Waals surface area contributed by atoms with Crippen molar-refractivity contribution in [2.24, 2.45) is 0 Å². The van der Waals surface area contributed by atoms with Crippen LogP contribution in [0.3, 0.4) is 0 Å². The monoisotopic (exact) mass is 293 g/mol. The Bertz CT molecular complexity index is 445.